The van der Waals surface area contributed by atoms with Gasteiger partial charge in [-0.1, -0.05) is 18.2 Å². The van der Waals surface area contributed by atoms with Gasteiger partial charge in [0.1, 0.15) is 11.9 Å². The van der Waals surface area contributed by atoms with Crippen molar-refractivity contribution < 1.29 is 23.1 Å². The van der Waals surface area contributed by atoms with E-state index in [1.165, 1.54) is 12.1 Å². The van der Waals surface area contributed by atoms with Crippen molar-refractivity contribution in [2.24, 2.45) is 0 Å². The number of carbonyl (C=O) groups excluding carboxylic acids is 1. The van der Waals surface area contributed by atoms with Gasteiger partial charge in [0.05, 0.1) is 17.2 Å². The van der Waals surface area contributed by atoms with E-state index in [-0.39, 0.29) is 31.4 Å². The molecule has 2 N–H and O–H groups in total. The van der Waals surface area contributed by atoms with Gasteiger partial charge in [-0.2, -0.15) is 0 Å². The first-order valence-corrected chi connectivity index (χ1v) is 10.5. The Kier molecular flexibility index (Phi) is 6.46. The topological polar surface area (TPSA) is 62.2 Å². The van der Waals surface area contributed by atoms with Gasteiger partial charge in [0.25, 0.3) is 11.8 Å². The van der Waals surface area contributed by atoms with Crippen molar-refractivity contribution >= 4 is 5.91 Å². The van der Waals surface area contributed by atoms with E-state index in [9.17, 15) is 23.1 Å². The highest BCUT2D eigenvalue weighted by Gasteiger charge is 2.43. The van der Waals surface area contributed by atoms with Gasteiger partial charge in [0.2, 0.25) is 0 Å². The van der Waals surface area contributed by atoms with Gasteiger partial charge in [-0.15, -0.1) is 0 Å². The fourth-order valence-corrected chi connectivity index (χ4v) is 4.24. The molecule has 1 atom stereocenters. The third-order valence-corrected chi connectivity index (χ3v) is 6.27. The van der Waals surface area contributed by atoms with Crippen LogP contribution in [0.2, 0.25) is 0 Å². The smallest absolute Gasteiger partial charge is 0.272 e. The number of nitrogens with zero attached hydrogens (tertiary/aromatic N) is 1. The van der Waals surface area contributed by atoms with Crippen molar-refractivity contribution in [3.63, 3.8) is 0 Å². The number of benzene rings is 1. The van der Waals surface area contributed by atoms with Crippen molar-refractivity contribution in [3.05, 3.63) is 64.0 Å². The molecule has 1 saturated carbocycles. The lowest BCUT2D eigenvalue weighted by molar-refractivity contribution is -0.0448. The Balaban J connectivity index is 2.05. The SMILES string of the molecule is Cc1ccc(C(C)(F)F)c(C(=O)NC(c2cccc(C)c2C)[C@]2(O)CC[C@@H](F)CC2)n1. The summed E-state index contributed by atoms with van der Waals surface area (Å²) in [5.74, 6) is -4.05. The molecule has 1 heterocycles. The third kappa shape index (κ3) is 4.92. The second kappa shape index (κ2) is 8.61. The molecule has 1 unspecified atom stereocenters. The Morgan fingerprint density at radius 1 is 1.19 bits per heavy atom. The van der Waals surface area contributed by atoms with E-state index in [4.69, 9.17) is 0 Å². The summed E-state index contributed by atoms with van der Waals surface area (Å²) in [7, 11) is 0. The summed E-state index contributed by atoms with van der Waals surface area (Å²) in [5.41, 5.74) is 0.718. The second-order valence-corrected chi connectivity index (χ2v) is 8.71. The molecule has 1 aliphatic carbocycles. The van der Waals surface area contributed by atoms with Crippen LogP contribution in [0.15, 0.2) is 30.3 Å². The average molecular weight is 435 g/mol. The number of aliphatic hydroxyl groups is 1. The highest BCUT2D eigenvalue weighted by molar-refractivity contribution is 5.94. The fourth-order valence-electron chi connectivity index (χ4n) is 4.24. The maximum absolute atomic E-state index is 14.1. The lowest BCUT2D eigenvalue weighted by Gasteiger charge is -2.41. The predicted octanol–water partition coefficient (Wildman–Crippen LogP) is 5.23. The molecule has 0 radical (unpaired) electrons. The van der Waals surface area contributed by atoms with Crippen LogP contribution in [0.25, 0.3) is 0 Å². The number of halogens is 3. The van der Waals surface area contributed by atoms with E-state index in [0.717, 1.165) is 11.1 Å². The minimum atomic E-state index is -3.26. The van der Waals surface area contributed by atoms with Gasteiger partial charge in [-0.25, -0.2) is 18.2 Å². The number of hydrogen-bond acceptors (Lipinski definition) is 3. The normalized spacial score (nSPS) is 22.8. The zero-order chi connectivity index (χ0) is 23.0. The molecule has 7 heteroatoms. The van der Waals surface area contributed by atoms with Crippen molar-refractivity contribution in [2.75, 3.05) is 0 Å². The molecular formula is C24H29F3N2O2. The molecule has 1 aromatic carbocycles. The van der Waals surface area contributed by atoms with E-state index in [0.29, 0.717) is 18.2 Å². The summed E-state index contributed by atoms with van der Waals surface area (Å²) in [6.45, 7) is 6.13. The van der Waals surface area contributed by atoms with Crippen LogP contribution in [0.1, 0.15) is 77.1 Å². The molecule has 2 aromatic rings. The van der Waals surface area contributed by atoms with Gasteiger partial charge >= 0.3 is 0 Å². The first-order chi connectivity index (χ1) is 14.4. The zero-order valence-electron chi connectivity index (χ0n) is 18.3. The maximum Gasteiger partial charge on any atom is 0.272 e. The second-order valence-electron chi connectivity index (χ2n) is 8.71. The first-order valence-electron chi connectivity index (χ1n) is 10.5. The lowest BCUT2D eigenvalue weighted by atomic mass is 9.75. The molecule has 1 fully saturated rings. The number of rotatable bonds is 5. The summed E-state index contributed by atoms with van der Waals surface area (Å²) >= 11 is 0. The molecular weight excluding hydrogens is 405 g/mol. The first kappa shape index (κ1) is 23.3. The summed E-state index contributed by atoms with van der Waals surface area (Å²) < 4.78 is 42.1. The minimum absolute atomic E-state index is 0.157. The van der Waals surface area contributed by atoms with Crippen LogP contribution in [0.3, 0.4) is 0 Å². The van der Waals surface area contributed by atoms with Crippen LogP contribution in [0.4, 0.5) is 13.2 Å². The number of pyridine rings is 1. The van der Waals surface area contributed by atoms with Crippen LogP contribution < -0.4 is 5.32 Å². The van der Waals surface area contributed by atoms with E-state index in [1.807, 2.05) is 26.0 Å². The van der Waals surface area contributed by atoms with E-state index in [1.54, 1.807) is 13.0 Å². The summed E-state index contributed by atoms with van der Waals surface area (Å²) in [6.07, 6.45) is -0.336. The number of alkyl halides is 3. The van der Waals surface area contributed by atoms with Crippen molar-refractivity contribution in [3.8, 4) is 0 Å². The van der Waals surface area contributed by atoms with Crippen LogP contribution in [0.5, 0.6) is 0 Å². The number of nitrogens with one attached hydrogen (secondary N) is 1. The van der Waals surface area contributed by atoms with Crippen LogP contribution in [-0.4, -0.2) is 27.8 Å². The monoisotopic (exact) mass is 434 g/mol. The largest absolute Gasteiger partial charge is 0.387 e. The molecule has 4 nitrogen and oxygen atoms in total. The molecule has 3 rings (SSSR count). The van der Waals surface area contributed by atoms with E-state index >= 15 is 0 Å². The average Bonchev–Trinajstić information content (AvgIpc) is 2.69. The Morgan fingerprint density at radius 3 is 2.45 bits per heavy atom. The fraction of sp³-hybridized carbons (Fsp3) is 0.500. The summed E-state index contributed by atoms with van der Waals surface area (Å²) in [5, 5.41) is 14.2. The molecule has 0 aliphatic heterocycles. The maximum atomic E-state index is 14.1. The third-order valence-electron chi connectivity index (χ3n) is 6.27. The van der Waals surface area contributed by atoms with Crippen LogP contribution in [0, 0.1) is 20.8 Å². The van der Waals surface area contributed by atoms with Gasteiger partial charge < -0.3 is 10.4 Å². The van der Waals surface area contributed by atoms with E-state index in [2.05, 4.69) is 10.3 Å². The van der Waals surface area contributed by atoms with Crippen molar-refractivity contribution in [2.45, 2.75) is 77.1 Å². The molecule has 168 valence electrons. The number of carbonyl (C=O) groups is 1. The quantitative estimate of drug-likeness (QED) is 0.677. The number of hydrogen-bond donors (Lipinski definition) is 2. The highest BCUT2D eigenvalue weighted by atomic mass is 19.3. The molecule has 31 heavy (non-hydrogen) atoms. The molecule has 0 spiro atoms. The zero-order valence-corrected chi connectivity index (χ0v) is 18.3. The van der Waals surface area contributed by atoms with Crippen molar-refractivity contribution in [1.29, 1.82) is 0 Å². The standard InChI is InChI=1S/C24H29F3N2O2/c1-14-6-5-7-18(16(14)3)21(24(31)12-10-17(25)11-13-24)29-22(30)20-19(23(4,26)27)9-8-15(2)28-20/h5-9,17,21,31H,10-13H2,1-4H3,(H,29,30)/t17-,21?,24+. The molecule has 0 saturated heterocycles. The van der Waals surface area contributed by atoms with Crippen molar-refractivity contribution in [1.82, 2.24) is 10.3 Å². The Bertz CT molecular complexity index is 964. The van der Waals surface area contributed by atoms with Gasteiger partial charge in [-0.05, 0) is 75.3 Å². The Hall–Kier alpha value is -2.41. The van der Waals surface area contributed by atoms with E-state index < -0.39 is 35.2 Å². The highest BCUT2D eigenvalue weighted by Crippen LogP contribution is 2.41. The number of aromatic nitrogens is 1. The Morgan fingerprint density at radius 2 is 1.84 bits per heavy atom. The summed E-state index contributed by atoms with van der Waals surface area (Å²) in [6, 6.07) is 7.28. The van der Waals surface area contributed by atoms with Gasteiger partial charge in [0.15, 0.2) is 0 Å². The predicted molar refractivity (Wildman–Crippen MR) is 113 cm³/mol. The number of aryl methyl sites for hydroxylation is 2. The number of amides is 1. The molecule has 1 aliphatic rings. The van der Waals surface area contributed by atoms with Gasteiger partial charge in [-0.3, -0.25) is 4.79 Å². The Labute approximate surface area is 180 Å². The van der Waals surface area contributed by atoms with Gasteiger partial charge in [0, 0.05) is 12.6 Å². The van der Waals surface area contributed by atoms with Crippen LogP contribution >= 0.6 is 0 Å². The lowest BCUT2D eigenvalue weighted by Crippen LogP contribution is -2.49. The molecule has 1 amide bonds. The minimum Gasteiger partial charge on any atom is -0.387 e. The summed E-state index contributed by atoms with van der Waals surface area (Å²) in [4.78, 5) is 17.3. The molecule has 0 bridgehead atoms. The van der Waals surface area contributed by atoms with Crippen LogP contribution in [-0.2, 0) is 5.92 Å². The molecule has 1 aromatic heterocycles.